The summed E-state index contributed by atoms with van der Waals surface area (Å²) in [6.45, 7) is 0.126. The second-order valence-corrected chi connectivity index (χ2v) is 5.54. The third-order valence-corrected chi connectivity index (χ3v) is 3.67. The van der Waals surface area contributed by atoms with Crippen molar-refractivity contribution in [2.45, 2.75) is 0 Å². The lowest BCUT2D eigenvalue weighted by atomic mass is 10.2. The van der Waals surface area contributed by atoms with E-state index in [1.54, 1.807) is 31.4 Å². The maximum atomic E-state index is 12.2. The fourth-order valence-corrected chi connectivity index (χ4v) is 2.37. The third-order valence-electron chi connectivity index (χ3n) is 3.67. The molecule has 3 aromatic rings. The van der Waals surface area contributed by atoms with Crippen molar-refractivity contribution >= 4 is 17.3 Å². The van der Waals surface area contributed by atoms with Gasteiger partial charge in [0.15, 0.2) is 5.75 Å². The minimum absolute atomic E-state index is 0.126. The number of nitrogens with one attached hydrogen (secondary N) is 2. The van der Waals surface area contributed by atoms with Gasteiger partial charge in [0.05, 0.1) is 19.3 Å². The Bertz CT molecular complexity index is 849. The van der Waals surface area contributed by atoms with Gasteiger partial charge in [-0.2, -0.15) is 0 Å². The Morgan fingerprint density at radius 3 is 2.27 bits per heavy atom. The first-order valence-electron chi connectivity index (χ1n) is 8.24. The standard InChI is InChI=1S/C21H20N2O3/c1-25-17-13-11-16(12-14-17)23-21(24)15-22-19-9-5-6-10-20(19)26-18-7-3-2-4-8-18/h2-14,22H,15H2,1H3,(H,23,24). The molecule has 0 saturated carbocycles. The highest BCUT2D eigenvalue weighted by atomic mass is 16.5. The average molecular weight is 348 g/mol. The molecule has 1 amide bonds. The number of benzene rings is 3. The van der Waals surface area contributed by atoms with Crippen molar-refractivity contribution in [1.82, 2.24) is 0 Å². The van der Waals surface area contributed by atoms with E-state index in [4.69, 9.17) is 9.47 Å². The van der Waals surface area contributed by atoms with Gasteiger partial charge >= 0.3 is 0 Å². The Balaban J connectivity index is 1.59. The molecule has 26 heavy (non-hydrogen) atoms. The first-order valence-corrected chi connectivity index (χ1v) is 8.24. The maximum Gasteiger partial charge on any atom is 0.243 e. The number of amides is 1. The summed E-state index contributed by atoms with van der Waals surface area (Å²) in [5.41, 5.74) is 1.47. The van der Waals surface area contributed by atoms with Gasteiger partial charge in [-0.15, -0.1) is 0 Å². The van der Waals surface area contributed by atoms with Crippen LogP contribution in [0.3, 0.4) is 0 Å². The molecule has 5 nitrogen and oxygen atoms in total. The van der Waals surface area contributed by atoms with Gasteiger partial charge in [0.25, 0.3) is 0 Å². The molecule has 2 N–H and O–H groups in total. The number of carbonyl (C=O) groups excluding carboxylic acids is 1. The fourth-order valence-electron chi connectivity index (χ4n) is 2.37. The van der Waals surface area contributed by atoms with Gasteiger partial charge in [-0.3, -0.25) is 4.79 Å². The molecule has 0 atom stereocenters. The van der Waals surface area contributed by atoms with Crippen LogP contribution in [0.4, 0.5) is 11.4 Å². The van der Waals surface area contributed by atoms with E-state index in [1.165, 1.54) is 0 Å². The molecular formula is C21H20N2O3. The van der Waals surface area contributed by atoms with Crippen molar-refractivity contribution in [2.24, 2.45) is 0 Å². The zero-order valence-electron chi connectivity index (χ0n) is 14.4. The van der Waals surface area contributed by atoms with Crippen molar-refractivity contribution < 1.29 is 14.3 Å². The van der Waals surface area contributed by atoms with Crippen molar-refractivity contribution in [3.8, 4) is 17.2 Å². The molecule has 132 valence electrons. The number of hydrogen-bond acceptors (Lipinski definition) is 4. The van der Waals surface area contributed by atoms with E-state index >= 15 is 0 Å². The van der Waals surface area contributed by atoms with E-state index in [9.17, 15) is 4.79 Å². The Kier molecular flexibility index (Phi) is 5.72. The molecule has 5 heteroatoms. The molecule has 0 aliphatic rings. The minimum atomic E-state index is -0.148. The second kappa shape index (κ2) is 8.58. The van der Waals surface area contributed by atoms with Gasteiger partial charge in [-0.25, -0.2) is 0 Å². The number of ether oxygens (including phenoxy) is 2. The molecule has 0 aliphatic heterocycles. The number of para-hydroxylation sites is 3. The maximum absolute atomic E-state index is 12.2. The number of methoxy groups -OCH3 is 1. The highest BCUT2D eigenvalue weighted by Gasteiger charge is 2.07. The summed E-state index contributed by atoms with van der Waals surface area (Å²) in [4.78, 5) is 12.2. The van der Waals surface area contributed by atoms with Crippen LogP contribution < -0.4 is 20.1 Å². The lowest BCUT2D eigenvalue weighted by Gasteiger charge is -2.13. The summed E-state index contributed by atoms with van der Waals surface area (Å²) < 4.78 is 11.0. The Morgan fingerprint density at radius 1 is 0.846 bits per heavy atom. The molecule has 0 spiro atoms. The molecule has 0 aromatic heterocycles. The normalized spacial score (nSPS) is 10.0. The van der Waals surface area contributed by atoms with Gasteiger partial charge in [0.1, 0.15) is 11.5 Å². The minimum Gasteiger partial charge on any atom is -0.497 e. The molecule has 0 fully saturated rings. The highest BCUT2D eigenvalue weighted by Crippen LogP contribution is 2.28. The number of carbonyl (C=O) groups is 1. The van der Waals surface area contributed by atoms with Crippen LogP contribution in [-0.4, -0.2) is 19.6 Å². The zero-order chi connectivity index (χ0) is 18.2. The summed E-state index contributed by atoms with van der Waals surface area (Å²) in [6.07, 6.45) is 0. The number of anilines is 2. The zero-order valence-corrected chi connectivity index (χ0v) is 14.4. The van der Waals surface area contributed by atoms with Crippen LogP contribution in [-0.2, 0) is 4.79 Å². The number of rotatable bonds is 7. The van der Waals surface area contributed by atoms with E-state index in [1.807, 2.05) is 54.6 Å². The van der Waals surface area contributed by atoms with Crippen LogP contribution in [0.2, 0.25) is 0 Å². The summed E-state index contributed by atoms with van der Waals surface area (Å²) in [5.74, 6) is 2.00. The molecule has 3 rings (SSSR count). The van der Waals surface area contributed by atoms with Crippen LogP contribution in [0, 0.1) is 0 Å². The van der Waals surface area contributed by atoms with Crippen LogP contribution in [0.1, 0.15) is 0 Å². The van der Waals surface area contributed by atoms with E-state index in [2.05, 4.69) is 10.6 Å². The lowest BCUT2D eigenvalue weighted by Crippen LogP contribution is -2.21. The Hall–Kier alpha value is -3.47. The Labute approximate surface area is 152 Å². The lowest BCUT2D eigenvalue weighted by molar-refractivity contribution is -0.114. The summed E-state index contributed by atoms with van der Waals surface area (Å²) >= 11 is 0. The van der Waals surface area contributed by atoms with Gasteiger partial charge in [0, 0.05) is 5.69 Å². The van der Waals surface area contributed by atoms with Crippen LogP contribution >= 0.6 is 0 Å². The summed E-state index contributed by atoms with van der Waals surface area (Å²) in [6, 6.07) is 24.2. The smallest absolute Gasteiger partial charge is 0.243 e. The first-order chi connectivity index (χ1) is 12.7. The average Bonchev–Trinajstić information content (AvgIpc) is 2.69. The molecule has 0 aliphatic carbocycles. The van der Waals surface area contributed by atoms with E-state index in [0.29, 0.717) is 11.4 Å². The van der Waals surface area contributed by atoms with Gasteiger partial charge in [-0.1, -0.05) is 30.3 Å². The first kappa shape index (κ1) is 17.4. The predicted molar refractivity (Wildman–Crippen MR) is 103 cm³/mol. The van der Waals surface area contributed by atoms with Crippen molar-refractivity contribution in [2.75, 3.05) is 24.3 Å². The fraction of sp³-hybridized carbons (Fsp3) is 0.0952. The summed E-state index contributed by atoms with van der Waals surface area (Å²) in [7, 11) is 1.60. The quantitative estimate of drug-likeness (QED) is 0.658. The summed E-state index contributed by atoms with van der Waals surface area (Å²) in [5, 5.41) is 5.95. The van der Waals surface area contributed by atoms with Crippen molar-refractivity contribution in [3.05, 3.63) is 78.9 Å². The molecule has 0 saturated heterocycles. The highest BCUT2D eigenvalue weighted by molar-refractivity contribution is 5.94. The molecule has 0 heterocycles. The van der Waals surface area contributed by atoms with Crippen LogP contribution in [0.25, 0.3) is 0 Å². The van der Waals surface area contributed by atoms with E-state index in [-0.39, 0.29) is 12.5 Å². The molecule has 0 unspecified atom stereocenters. The molecule has 0 bridgehead atoms. The second-order valence-electron chi connectivity index (χ2n) is 5.54. The largest absolute Gasteiger partial charge is 0.497 e. The van der Waals surface area contributed by atoms with Crippen LogP contribution in [0.15, 0.2) is 78.9 Å². The monoisotopic (exact) mass is 348 g/mol. The van der Waals surface area contributed by atoms with Crippen LogP contribution in [0.5, 0.6) is 17.2 Å². The third kappa shape index (κ3) is 4.77. The molecule has 0 radical (unpaired) electrons. The SMILES string of the molecule is COc1ccc(NC(=O)CNc2ccccc2Oc2ccccc2)cc1. The Morgan fingerprint density at radius 2 is 1.54 bits per heavy atom. The van der Waals surface area contributed by atoms with E-state index < -0.39 is 0 Å². The molecular weight excluding hydrogens is 328 g/mol. The predicted octanol–water partition coefficient (Wildman–Crippen LogP) is 4.54. The van der Waals surface area contributed by atoms with Crippen molar-refractivity contribution in [3.63, 3.8) is 0 Å². The number of hydrogen-bond donors (Lipinski definition) is 2. The van der Waals surface area contributed by atoms with Gasteiger partial charge < -0.3 is 20.1 Å². The van der Waals surface area contributed by atoms with E-state index in [0.717, 1.165) is 17.2 Å². The van der Waals surface area contributed by atoms with Crippen molar-refractivity contribution in [1.29, 1.82) is 0 Å². The van der Waals surface area contributed by atoms with Gasteiger partial charge in [0.2, 0.25) is 5.91 Å². The van der Waals surface area contributed by atoms with Gasteiger partial charge in [-0.05, 0) is 48.5 Å². The topological polar surface area (TPSA) is 59.6 Å². The molecule has 3 aromatic carbocycles.